The zero-order valence-corrected chi connectivity index (χ0v) is 36.9. The molecule has 1 amide bonds. The highest BCUT2D eigenvalue weighted by Gasteiger charge is 2.24. The Morgan fingerprint density at radius 1 is 0.517 bits per heavy atom. The van der Waals surface area contributed by atoms with Crippen LogP contribution in [0.15, 0.2) is 122 Å². The van der Waals surface area contributed by atoms with Gasteiger partial charge in [-0.2, -0.15) is 0 Å². The van der Waals surface area contributed by atoms with Crippen molar-refractivity contribution in [3.05, 3.63) is 122 Å². The number of nitrogens with one attached hydrogen (secondary N) is 1. The summed E-state index contributed by atoms with van der Waals surface area (Å²) in [5.41, 5.74) is 0. The Hall–Kier alpha value is -3.74. The molecule has 0 saturated carbocycles. The van der Waals surface area contributed by atoms with Crippen molar-refractivity contribution in [2.75, 3.05) is 6.61 Å². The van der Waals surface area contributed by atoms with Gasteiger partial charge in [0.1, 0.15) is 6.10 Å². The fourth-order valence-electron chi connectivity index (χ4n) is 6.12. The van der Waals surface area contributed by atoms with Crippen LogP contribution in [0.2, 0.25) is 0 Å². The van der Waals surface area contributed by atoms with Crippen molar-refractivity contribution >= 4 is 11.9 Å². The second-order valence-electron chi connectivity index (χ2n) is 14.9. The lowest BCUT2D eigenvalue weighted by atomic mass is 10.0. The summed E-state index contributed by atoms with van der Waals surface area (Å²) in [6.07, 6.45) is 61.1. The van der Waals surface area contributed by atoms with Crippen LogP contribution in [0.5, 0.6) is 0 Å². The number of aliphatic hydroxyl groups excluding tert-OH is 2. The van der Waals surface area contributed by atoms with E-state index < -0.39 is 18.2 Å². The van der Waals surface area contributed by atoms with E-state index in [1.807, 2.05) is 85.1 Å². The first kappa shape index (κ1) is 54.3. The van der Waals surface area contributed by atoms with Crippen LogP contribution in [-0.2, 0) is 14.3 Å². The lowest BCUT2D eigenvalue weighted by Gasteiger charge is -2.24. The molecule has 0 aliphatic heterocycles. The SMILES string of the molecule is CC\C=C/C=C/C=C/C=C\C=C\C=C\CCCC(CC(=O)NC(CO)C(O)CCCCCCCCCCC)OC(=O)CCCCCCC\C=C/C=C/C=C/C=C/CC. The first-order chi connectivity index (χ1) is 28.5. The molecule has 6 heteroatoms. The maximum atomic E-state index is 13.1. The lowest BCUT2D eigenvalue weighted by molar-refractivity contribution is -0.151. The Labute approximate surface area is 355 Å². The van der Waals surface area contributed by atoms with Gasteiger partial charge >= 0.3 is 5.97 Å². The first-order valence-electron chi connectivity index (χ1n) is 22.9. The molecule has 3 N–H and O–H groups in total. The van der Waals surface area contributed by atoms with E-state index in [1.54, 1.807) is 0 Å². The molecule has 0 aromatic heterocycles. The number of carbonyl (C=O) groups excluding carboxylic acids is 2. The average molecular weight is 802 g/mol. The van der Waals surface area contributed by atoms with Gasteiger partial charge in [-0.1, -0.05) is 219 Å². The number of amides is 1. The van der Waals surface area contributed by atoms with Crippen LogP contribution in [0.4, 0.5) is 0 Å². The van der Waals surface area contributed by atoms with Gasteiger partial charge in [-0.25, -0.2) is 0 Å². The van der Waals surface area contributed by atoms with Crippen LogP contribution in [0.1, 0.15) is 168 Å². The van der Waals surface area contributed by atoms with Crippen molar-refractivity contribution in [1.29, 1.82) is 0 Å². The Balaban J connectivity index is 4.85. The minimum absolute atomic E-state index is 0.00784. The molecule has 0 aromatic carbocycles. The van der Waals surface area contributed by atoms with Crippen LogP contribution < -0.4 is 5.32 Å². The molecule has 0 aliphatic rings. The molecule has 0 spiro atoms. The van der Waals surface area contributed by atoms with Crippen LogP contribution in [-0.4, -0.2) is 46.9 Å². The summed E-state index contributed by atoms with van der Waals surface area (Å²) in [6, 6.07) is -0.737. The summed E-state index contributed by atoms with van der Waals surface area (Å²) >= 11 is 0. The Morgan fingerprint density at radius 2 is 0.948 bits per heavy atom. The van der Waals surface area contributed by atoms with Crippen molar-refractivity contribution in [3.8, 4) is 0 Å². The van der Waals surface area contributed by atoms with Crippen LogP contribution >= 0.6 is 0 Å². The molecular weight excluding hydrogens is 719 g/mol. The molecule has 3 atom stereocenters. The molecule has 0 radical (unpaired) electrons. The molecule has 6 nitrogen and oxygen atoms in total. The van der Waals surface area contributed by atoms with Crippen LogP contribution in [0, 0.1) is 0 Å². The van der Waals surface area contributed by atoms with E-state index in [0.29, 0.717) is 19.3 Å². The third-order valence-electron chi connectivity index (χ3n) is 9.54. The Kier molecular flexibility index (Phi) is 41.5. The lowest BCUT2D eigenvalue weighted by Crippen LogP contribution is -2.46. The summed E-state index contributed by atoms with van der Waals surface area (Å²) < 4.78 is 5.86. The molecule has 326 valence electrons. The van der Waals surface area contributed by atoms with Gasteiger partial charge in [0.05, 0.1) is 25.2 Å². The van der Waals surface area contributed by atoms with E-state index in [-0.39, 0.29) is 24.9 Å². The fourth-order valence-corrected chi connectivity index (χ4v) is 6.12. The normalized spacial score (nSPS) is 14.5. The van der Waals surface area contributed by atoms with Gasteiger partial charge in [-0.15, -0.1) is 0 Å². The van der Waals surface area contributed by atoms with E-state index in [4.69, 9.17) is 4.74 Å². The fraction of sp³-hybridized carbons (Fsp3) is 0.577. The smallest absolute Gasteiger partial charge is 0.306 e. The van der Waals surface area contributed by atoms with Gasteiger partial charge in [0.2, 0.25) is 5.91 Å². The van der Waals surface area contributed by atoms with Crippen LogP contribution in [0.3, 0.4) is 0 Å². The van der Waals surface area contributed by atoms with E-state index in [2.05, 4.69) is 62.5 Å². The van der Waals surface area contributed by atoms with E-state index in [1.165, 1.54) is 38.5 Å². The van der Waals surface area contributed by atoms with Crippen LogP contribution in [0.25, 0.3) is 0 Å². The van der Waals surface area contributed by atoms with Gasteiger partial charge in [0.15, 0.2) is 0 Å². The summed E-state index contributed by atoms with van der Waals surface area (Å²) in [6.45, 7) is 6.12. The van der Waals surface area contributed by atoms with Crippen molar-refractivity contribution in [2.24, 2.45) is 0 Å². The Morgan fingerprint density at radius 3 is 1.45 bits per heavy atom. The summed E-state index contributed by atoms with van der Waals surface area (Å²) in [5, 5.41) is 23.6. The largest absolute Gasteiger partial charge is 0.462 e. The summed E-state index contributed by atoms with van der Waals surface area (Å²) in [7, 11) is 0. The number of esters is 1. The zero-order valence-electron chi connectivity index (χ0n) is 36.9. The molecule has 0 saturated heterocycles. The van der Waals surface area contributed by atoms with Gasteiger partial charge < -0.3 is 20.3 Å². The number of carbonyl (C=O) groups is 2. The van der Waals surface area contributed by atoms with Gasteiger partial charge in [-0.05, 0) is 57.8 Å². The van der Waals surface area contributed by atoms with Crippen molar-refractivity contribution in [1.82, 2.24) is 5.32 Å². The molecule has 3 unspecified atom stereocenters. The van der Waals surface area contributed by atoms with E-state index in [0.717, 1.165) is 83.5 Å². The summed E-state index contributed by atoms with van der Waals surface area (Å²) in [4.78, 5) is 26.0. The monoisotopic (exact) mass is 802 g/mol. The number of rotatable bonds is 38. The topological polar surface area (TPSA) is 95.9 Å². The van der Waals surface area contributed by atoms with Crippen molar-refractivity contribution in [3.63, 3.8) is 0 Å². The molecule has 58 heavy (non-hydrogen) atoms. The van der Waals surface area contributed by atoms with Crippen molar-refractivity contribution < 1.29 is 24.5 Å². The molecule has 0 heterocycles. The number of allylic oxidation sites excluding steroid dienone is 20. The predicted octanol–water partition coefficient (Wildman–Crippen LogP) is 13.3. The molecule has 0 fully saturated rings. The van der Waals surface area contributed by atoms with Gasteiger partial charge in [0, 0.05) is 6.42 Å². The average Bonchev–Trinajstić information content (AvgIpc) is 3.22. The van der Waals surface area contributed by atoms with Crippen molar-refractivity contribution in [2.45, 2.75) is 187 Å². The van der Waals surface area contributed by atoms with Gasteiger partial charge in [-0.3, -0.25) is 9.59 Å². The first-order valence-corrected chi connectivity index (χ1v) is 22.9. The third-order valence-corrected chi connectivity index (χ3v) is 9.54. The second kappa shape index (κ2) is 44.4. The molecule has 0 aromatic rings. The highest BCUT2D eigenvalue weighted by molar-refractivity contribution is 5.77. The highest BCUT2D eigenvalue weighted by Crippen LogP contribution is 2.16. The number of ether oxygens (including phenoxy) is 1. The quantitative estimate of drug-likeness (QED) is 0.0328. The molecule has 0 bridgehead atoms. The molecule has 0 aliphatic carbocycles. The predicted molar refractivity (Wildman–Crippen MR) is 250 cm³/mol. The van der Waals surface area contributed by atoms with E-state index >= 15 is 0 Å². The number of hydrogen-bond acceptors (Lipinski definition) is 5. The summed E-state index contributed by atoms with van der Waals surface area (Å²) in [5.74, 6) is -0.594. The van der Waals surface area contributed by atoms with E-state index in [9.17, 15) is 19.8 Å². The third kappa shape index (κ3) is 39.1. The Bertz CT molecular complexity index is 1260. The molecule has 0 rings (SSSR count). The zero-order chi connectivity index (χ0) is 42.4. The standard InChI is InChI=1S/C52H83NO5/c1-4-7-10-13-16-19-21-23-25-27-29-32-34-37-40-43-48(46-51(56)53-49(47-54)50(55)44-41-38-35-31-18-15-12-9-6-3)58-52(57)45-42-39-36-33-30-28-26-24-22-20-17-14-11-8-5-2/h7-8,10-11,13-14,16-17,19-27,29,32,34,48-50,54-55H,4-6,9,12,15,18,28,30-31,33,35-47H2,1-3H3,(H,53,56)/b10-7-,11-8+,16-13+,17-14+,21-19+,22-20+,25-23-,26-24-,29-27+,34-32+. The maximum absolute atomic E-state index is 13.1. The highest BCUT2D eigenvalue weighted by atomic mass is 16.5. The van der Waals surface area contributed by atoms with Gasteiger partial charge in [0.25, 0.3) is 0 Å². The number of aliphatic hydroxyl groups is 2. The minimum Gasteiger partial charge on any atom is -0.462 e. The minimum atomic E-state index is -0.818. The number of hydrogen-bond donors (Lipinski definition) is 3. The number of unbranched alkanes of at least 4 members (excludes halogenated alkanes) is 14. The second-order valence-corrected chi connectivity index (χ2v) is 14.9. The molecular formula is C52H83NO5. The maximum Gasteiger partial charge on any atom is 0.306 e.